The first-order valence-electron chi connectivity index (χ1n) is 5.92. The molecule has 0 radical (unpaired) electrons. The maximum absolute atomic E-state index is 12.2. The van der Waals surface area contributed by atoms with Crippen molar-refractivity contribution in [1.29, 1.82) is 0 Å². The molecule has 7 heteroatoms. The van der Waals surface area contributed by atoms with Crippen LogP contribution in [0.5, 0.6) is 0 Å². The molecule has 0 saturated heterocycles. The van der Waals surface area contributed by atoms with Gasteiger partial charge in [0.25, 0.3) is 5.91 Å². The van der Waals surface area contributed by atoms with E-state index in [1.54, 1.807) is 25.6 Å². The largest absolute Gasteiger partial charge is 0.477 e. The van der Waals surface area contributed by atoms with Crippen molar-refractivity contribution >= 4 is 17.7 Å². The van der Waals surface area contributed by atoms with Gasteiger partial charge in [-0.2, -0.15) is 5.10 Å². The molecule has 0 aromatic carbocycles. The molecule has 0 saturated carbocycles. The molecule has 0 fully saturated rings. The number of carbonyl (C=O) groups excluding carboxylic acids is 1. The lowest BCUT2D eigenvalue weighted by Crippen LogP contribution is -2.16. The van der Waals surface area contributed by atoms with Crippen molar-refractivity contribution in [1.82, 2.24) is 14.8 Å². The first kappa shape index (κ1) is 13.7. The van der Waals surface area contributed by atoms with Crippen LogP contribution in [0.15, 0.2) is 18.2 Å². The summed E-state index contributed by atoms with van der Waals surface area (Å²) >= 11 is 0. The first-order chi connectivity index (χ1) is 9.40. The van der Waals surface area contributed by atoms with Crippen LogP contribution in [-0.2, 0) is 7.05 Å². The molecule has 0 aliphatic heterocycles. The Morgan fingerprint density at radius 3 is 2.55 bits per heavy atom. The Kier molecular flexibility index (Phi) is 3.51. The number of aromatic carboxylic acids is 1. The molecule has 2 heterocycles. The first-order valence-corrected chi connectivity index (χ1v) is 5.92. The van der Waals surface area contributed by atoms with Crippen molar-refractivity contribution in [2.45, 2.75) is 13.8 Å². The van der Waals surface area contributed by atoms with Gasteiger partial charge in [-0.15, -0.1) is 0 Å². The van der Waals surface area contributed by atoms with E-state index in [1.807, 2.05) is 0 Å². The van der Waals surface area contributed by atoms with Crippen LogP contribution < -0.4 is 5.32 Å². The van der Waals surface area contributed by atoms with Crippen molar-refractivity contribution in [2.24, 2.45) is 7.05 Å². The van der Waals surface area contributed by atoms with Gasteiger partial charge in [0.15, 0.2) is 5.69 Å². The molecule has 0 aliphatic rings. The molecule has 7 nitrogen and oxygen atoms in total. The van der Waals surface area contributed by atoms with E-state index in [0.717, 1.165) is 5.69 Å². The number of carbonyl (C=O) groups is 2. The Hall–Kier alpha value is -2.70. The molecule has 0 spiro atoms. The molecule has 0 atom stereocenters. The Morgan fingerprint density at radius 2 is 2.00 bits per heavy atom. The van der Waals surface area contributed by atoms with Crippen LogP contribution in [0.2, 0.25) is 0 Å². The molecule has 2 aromatic rings. The fraction of sp³-hybridized carbons (Fsp3) is 0.231. The van der Waals surface area contributed by atoms with Crippen molar-refractivity contribution in [3.05, 3.63) is 40.8 Å². The average Bonchev–Trinajstić information content (AvgIpc) is 2.63. The van der Waals surface area contributed by atoms with E-state index in [1.165, 1.54) is 18.2 Å². The van der Waals surface area contributed by atoms with Crippen molar-refractivity contribution in [3.63, 3.8) is 0 Å². The maximum Gasteiger partial charge on any atom is 0.354 e. The summed E-state index contributed by atoms with van der Waals surface area (Å²) < 4.78 is 1.62. The van der Waals surface area contributed by atoms with Gasteiger partial charge in [0.1, 0.15) is 5.82 Å². The van der Waals surface area contributed by atoms with Crippen LogP contribution >= 0.6 is 0 Å². The number of carboxylic acid groups (broad SMARTS) is 1. The summed E-state index contributed by atoms with van der Waals surface area (Å²) in [5.74, 6) is -1.31. The van der Waals surface area contributed by atoms with Crippen molar-refractivity contribution in [2.75, 3.05) is 5.32 Å². The third-order valence-corrected chi connectivity index (χ3v) is 2.95. The van der Waals surface area contributed by atoms with Crippen LogP contribution in [-0.4, -0.2) is 31.7 Å². The lowest BCUT2D eigenvalue weighted by molar-refractivity contribution is 0.0690. The van der Waals surface area contributed by atoms with E-state index < -0.39 is 5.97 Å². The van der Waals surface area contributed by atoms with Crippen LogP contribution in [0.3, 0.4) is 0 Å². The highest BCUT2D eigenvalue weighted by Gasteiger charge is 2.18. The van der Waals surface area contributed by atoms with Gasteiger partial charge in [-0.05, 0) is 26.0 Å². The number of anilines is 1. The number of hydrogen-bond donors (Lipinski definition) is 2. The molecular formula is C13H14N4O3. The molecule has 0 aliphatic carbocycles. The predicted octanol–water partition coefficient (Wildman–Crippen LogP) is 1.38. The minimum Gasteiger partial charge on any atom is -0.477 e. The topological polar surface area (TPSA) is 97.1 Å². The van der Waals surface area contributed by atoms with Gasteiger partial charge < -0.3 is 10.4 Å². The molecule has 2 rings (SSSR count). The summed E-state index contributed by atoms with van der Waals surface area (Å²) in [5, 5.41) is 15.6. The second-order valence-corrected chi connectivity index (χ2v) is 4.34. The smallest absolute Gasteiger partial charge is 0.354 e. The van der Waals surface area contributed by atoms with Gasteiger partial charge in [-0.25, -0.2) is 9.78 Å². The van der Waals surface area contributed by atoms with Gasteiger partial charge in [-0.3, -0.25) is 9.48 Å². The Balaban J connectivity index is 2.28. The van der Waals surface area contributed by atoms with E-state index in [9.17, 15) is 9.59 Å². The van der Waals surface area contributed by atoms with Gasteiger partial charge in [0, 0.05) is 12.7 Å². The molecule has 0 unspecified atom stereocenters. The number of aryl methyl sites for hydroxylation is 2. The minimum absolute atomic E-state index is 0.123. The zero-order valence-electron chi connectivity index (χ0n) is 11.3. The van der Waals surface area contributed by atoms with Gasteiger partial charge >= 0.3 is 5.97 Å². The van der Waals surface area contributed by atoms with E-state index in [-0.39, 0.29) is 17.4 Å². The molecule has 1 amide bonds. The lowest BCUT2D eigenvalue weighted by atomic mass is 10.2. The summed E-state index contributed by atoms with van der Waals surface area (Å²) in [6, 6.07) is 4.42. The van der Waals surface area contributed by atoms with Crippen LogP contribution in [0.1, 0.15) is 32.2 Å². The molecular weight excluding hydrogens is 260 g/mol. The van der Waals surface area contributed by atoms with Gasteiger partial charge in [0.2, 0.25) is 0 Å². The fourth-order valence-electron chi connectivity index (χ4n) is 1.90. The fourth-order valence-corrected chi connectivity index (χ4v) is 1.90. The molecule has 0 bridgehead atoms. The third kappa shape index (κ3) is 2.51. The highest BCUT2D eigenvalue weighted by atomic mass is 16.4. The summed E-state index contributed by atoms with van der Waals surface area (Å²) in [6.45, 7) is 3.53. The quantitative estimate of drug-likeness (QED) is 0.881. The Labute approximate surface area is 115 Å². The standard InChI is InChI=1S/C13H14N4O3/c1-7-11(8(2)17(3)16-7)12(18)15-10-6-4-5-9(14-10)13(19)20/h4-6H,1-3H3,(H,19,20)(H,14,15,18). The van der Waals surface area contributed by atoms with Crippen molar-refractivity contribution in [3.8, 4) is 0 Å². The minimum atomic E-state index is -1.14. The number of aromatic nitrogens is 3. The third-order valence-electron chi connectivity index (χ3n) is 2.95. The number of pyridine rings is 1. The van der Waals surface area contributed by atoms with E-state index in [4.69, 9.17) is 5.11 Å². The van der Waals surface area contributed by atoms with Gasteiger partial charge in [-0.1, -0.05) is 6.07 Å². The highest BCUT2D eigenvalue weighted by molar-refractivity contribution is 6.05. The maximum atomic E-state index is 12.2. The van der Waals surface area contributed by atoms with E-state index in [0.29, 0.717) is 11.3 Å². The SMILES string of the molecule is Cc1nn(C)c(C)c1C(=O)Nc1cccc(C(=O)O)n1. The van der Waals surface area contributed by atoms with Crippen molar-refractivity contribution < 1.29 is 14.7 Å². The predicted molar refractivity (Wildman–Crippen MR) is 71.8 cm³/mol. The molecule has 104 valence electrons. The van der Waals surface area contributed by atoms with Crippen LogP contribution in [0, 0.1) is 13.8 Å². The van der Waals surface area contributed by atoms with Crippen LogP contribution in [0.25, 0.3) is 0 Å². The van der Waals surface area contributed by atoms with Gasteiger partial charge in [0.05, 0.1) is 11.3 Å². The number of nitrogens with zero attached hydrogens (tertiary/aromatic N) is 3. The average molecular weight is 274 g/mol. The summed E-state index contributed by atoms with van der Waals surface area (Å²) in [5.41, 5.74) is 1.68. The molecule has 2 N–H and O–H groups in total. The normalized spacial score (nSPS) is 10.3. The second-order valence-electron chi connectivity index (χ2n) is 4.34. The monoisotopic (exact) mass is 274 g/mol. The number of nitrogens with one attached hydrogen (secondary N) is 1. The molecule has 2 aromatic heterocycles. The summed E-state index contributed by atoms with van der Waals surface area (Å²) in [6.07, 6.45) is 0. The number of carboxylic acids is 1. The number of rotatable bonds is 3. The van der Waals surface area contributed by atoms with E-state index >= 15 is 0 Å². The Morgan fingerprint density at radius 1 is 1.30 bits per heavy atom. The Bertz CT molecular complexity index is 691. The summed E-state index contributed by atoms with van der Waals surface area (Å²) in [7, 11) is 1.75. The lowest BCUT2D eigenvalue weighted by Gasteiger charge is -2.05. The molecule has 20 heavy (non-hydrogen) atoms. The number of amides is 1. The zero-order chi connectivity index (χ0) is 14.9. The van der Waals surface area contributed by atoms with E-state index in [2.05, 4.69) is 15.4 Å². The number of hydrogen-bond acceptors (Lipinski definition) is 4. The summed E-state index contributed by atoms with van der Waals surface area (Å²) in [4.78, 5) is 26.9. The highest BCUT2D eigenvalue weighted by Crippen LogP contribution is 2.14. The second kappa shape index (κ2) is 5.12. The zero-order valence-corrected chi connectivity index (χ0v) is 11.3. The van der Waals surface area contributed by atoms with Crippen LogP contribution in [0.4, 0.5) is 5.82 Å².